The number of halogens is 1. The SMILES string of the molecule is Nc1ccc(Cl)cc1NC(=O)CN1CCCC(CO)C1. The first-order chi connectivity index (χ1) is 9.58. The summed E-state index contributed by atoms with van der Waals surface area (Å²) in [6.45, 7) is 2.13. The van der Waals surface area contributed by atoms with Crippen LogP contribution in [0.1, 0.15) is 12.8 Å². The van der Waals surface area contributed by atoms with Crippen LogP contribution in [0.4, 0.5) is 11.4 Å². The molecule has 1 aliphatic rings. The molecule has 20 heavy (non-hydrogen) atoms. The largest absolute Gasteiger partial charge is 0.397 e. The smallest absolute Gasteiger partial charge is 0.238 e. The predicted octanol–water partition coefficient (Wildman–Crippen LogP) is 1.56. The van der Waals surface area contributed by atoms with E-state index in [-0.39, 0.29) is 18.4 Å². The summed E-state index contributed by atoms with van der Waals surface area (Å²) in [7, 11) is 0. The number of anilines is 2. The summed E-state index contributed by atoms with van der Waals surface area (Å²) >= 11 is 5.89. The minimum absolute atomic E-state index is 0.113. The summed E-state index contributed by atoms with van der Waals surface area (Å²) in [4.78, 5) is 14.1. The zero-order valence-electron chi connectivity index (χ0n) is 11.3. The van der Waals surface area contributed by atoms with Gasteiger partial charge in [-0.15, -0.1) is 0 Å². The van der Waals surface area contributed by atoms with Gasteiger partial charge in [0.05, 0.1) is 17.9 Å². The van der Waals surface area contributed by atoms with Crippen LogP contribution in [0.15, 0.2) is 18.2 Å². The lowest BCUT2D eigenvalue weighted by Gasteiger charge is -2.31. The molecule has 0 bridgehead atoms. The van der Waals surface area contributed by atoms with Gasteiger partial charge in [0.15, 0.2) is 0 Å². The Balaban J connectivity index is 1.90. The van der Waals surface area contributed by atoms with Gasteiger partial charge in [-0.3, -0.25) is 9.69 Å². The molecule has 1 fully saturated rings. The number of hydrogen-bond acceptors (Lipinski definition) is 4. The standard InChI is InChI=1S/C14H20ClN3O2/c15-11-3-4-12(16)13(6-11)17-14(20)8-18-5-1-2-10(7-18)9-19/h3-4,6,10,19H,1-2,5,7-9,16H2,(H,17,20). The van der Waals surface area contributed by atoms with Gasteiger partial charge in [-0.25, -0.2) is 0 Å². The van der Waals surface area contributed by atoms with E-state index in [1.807, 2.05) is 0 Å². The minimum Gasteiger partial charge on any atom is -0.397 e. The molecule has 110 valence electrons. The second-order valence-electron chi connectivity index (χ2n) is 5.21. The lowest BCUT2D eigenvalue weighted by molar-refractivity contribution is -0.117. The van der Waals surface area contributed by atoms with Crippen LogP contribution in [-0.4, -0.2) is 42.2 Å². The number of aliphatic hydroxyl groups is 1. The van der Waals surface area contributed by atoms with Crippen LogP contribution in [0.2, 0.25) is 5.02 Å². The summed E-state index contributed by atoms with van der Waals surface area (Å²) in [6.07, 6.45) is 2.04. The van der Waals surface area contributed by atoms with Gasteiger partial charge in [0.25, 0.3) is 0 Å². The number of hydrogen-bond donors (Lipinski definition) is 3. The quantitative estimate of drug-likeness (QED) is 0.737. The fourth-order valence-corrected chi connectivity index (χ4v) is 2.65. The Morgan fingerprint density at radius 2 is 2.35 bits per heavy atom. The number of likely N-dealkylation sites (tertiary alicyclic amines) is 1. The highest BCUT2D eigenvalue weighted by Crippen LogP contribution is 2.23. The van der Waals surface area contributed by atoms with E-state index in [9.17, 15) is 9.90 Å². The van der Waals surface area contributed by atoms with E-state index in [1.165, 1.54) is 0 Å². The molecule has 1 amide bonds. The van der Waals surface area contributed by atoms with Gasteiger partial charge in [0, 0.05) is 18.2 Å². The Kier molecular flexibility index (Phi) is 5.23. The molecule has 0 radical (unpaired) electrons. The van der Waals surface area contributed by atoms with Crippen LogP contribution >= 0.6 is 11.6 Å². The molecule has 1 unspecified atom stereocenters. The van der Waals surface area contributed by atoms with E-state index in [1.54, 1.807) is 18.2 Å². The molecular formula is C14H20ClN3O2. The summed E-state index contributed by atoms with van der Waals surface area (Å²) in [5, 5.41) is 12.5. The third-order valence-corrected chi connectivity index (χ3v) is 3.75. The molecule has 0 aromatic heterocycles. The number of nitrogens with one attached hydrogen (secondary N) is 1. The number of nitrogens with zero attached hydrogens (tertiary/aromatic N) is 1. The van der Waals surface area contributed by atoms with Gasteiger partial charge in [0.2, 0.25) is 5.91 Å². The molecule has 5 nitrogen and oxygen atoms in total. The van der Waals surface area contributed by atoms with Gasteiger partial charge in [-0.05, 0) is 43.5 Å². The van der Waals surface area contributed by atoms with E-state index in [0.717, 1.165) is 25.9 Å². The van der Waals surface area contributed by atoms with Gasteiger partial charge >= 0.3 is 0 Å². The summed E-state index contributed by atoms with van der Waals surface area (Å²) in [6, 6.07) is 4.99. The van der Waals surface area contributed by atoms with E-state index < -0.39 is 0 Å². The highest BCUT2D eigenvalue weighted by atomic mass is 35.5. The number of rotatable bonds is 4. The Labute approximate surface area is 123 Å². The average Bonchev–Trinajstić information content (AvgIpc) is 2.43. The molecule has 6 heteroatoms. The molecule has 1 heterocycles. The van der Waals surface area contributed by atoms with Crippen molar-refractivity contribution in [3.63, 3.8) is 0 Å². The van der Waals surface area contributed by atoms with Crippen LogP contribution in [0, 0.1) is 5.92 Å². The molecular weight excluding hydrogens is 278 g/mol. The van der Waals surface area contributed by atoms with Gasteiger partial charge in [-0.1, -0.05) is 11.6 Å². The lowest BCUT2D eigenvalue weighted by atomic mass is 9.99. The molecule has 1 aromatic carbocycles. The molecule has 0 saturated carbocycles. The van der Waals surface area contributed by atoms with E-state index in [4.69, 9.17) is 17.3 Å². The van der Waals surface area contributed by atoms with Crippen LogP contribution in [0.5, 0.6) is 0 Å². The van der Waals surface area contributed by atoms with Gasteiger partial charge in [0.1, 0.15) is 0 Å². The first-order valence-corrected chi connectivity index (χ1v) is 7.14. The van der Waals surface area contributed by atoms with Crippen LogP contribution in [0.3, 0.4) is 0 Å². The van der Waals surface area contributed by atoms with E-state index in [0.29, 0.717) is 22.9 Å². The Hall–Kier alpha value is -1.30. The molecule has 0 aliphatic carbocycles. The average molecular weight is 298 g/mol. The predicted molar refractivity (Wildman–Crippen MR) is 80.7 cm³/mol. The molecule has 4 N–H and O–H groups in total. The maximum Gasteiger partial charge on any atom is 0.238 e. The molecule has 1 atom stereocenters. The molecule has 2 rings (SSSR count). The van der Waals surface area contributed by atoms with Crippen molar-refractivity contribution in [1.82, 2.24) is 4.90 Å². The highest BCUT2D eigenvalue weighted by molar-refractivity contribution is 6.31. The Morgan fingerprint density at radius 3 is 3.10 bits per heavy atom. The number of piperidine rings is 1. The van der Waals surface area contributed by atoms with Crippen molar-refractivity contribution in [2.24, 2.45) is 5.92 Å². The van der Waals surface area contributed by atoms with Gasteiger partial charge in [-0.2, -0.15) is 0 Å². The lowest BCUT2D eigenvalue weighted by Crippen LogP contribution is -2.41. The van der Waals surface area contributed by atoms with Crippen molar-refractivity contribution in [2.45, 2.75) is 12.8 Å². The summed E-state index contributed by atoms with van der Waals surface area (Å²) in [5.74, 6) is 0.158. The third-order valence-electron chi connectivity index (χ3n) is 3.52. The van der Waals surface area contributed by atoms with Crippen molar-refractivity contribution in [1.29, 1.82) is 0 Å². The van der Waals surface area contributed by atoms with Crippen molar-refractivity contribution >= 4 is 28.9 Å². The van der Waals surface area contributed by atoms with Crippen LogP contribution in [-0.2, 0) is 4.79 Å². The third kappa shape index (κ3) is 4.10. The van der Waals surface area contributed by atoms with Crippen molar-refractivity contribution < 1.29 is 9.90 Å². The van der Waals surface area contributed by atoms with Gasteiger partial charge < -0.3 is 16.2 Å². The second kappa shape index (κ2) is 6.92. The second-order valence-corrected chi connectivity index (χ2v) is 5.64. The van der Waals surface area contributed by atoms with Crippen molar-refractivity contribution in [3.05, 3.63) is 23.2 Å². The Bertz CT molecular complexity index is 481. The monoisotopic (exact) mass is 297 g/mol. The maximum atomic E-state index is 12.0. The number of carbonyl (C=O) groups excluding carboxylic acids is 1. The fourth-order valence-electron chi connectivity index (χ4n) is 2.47. The summed E-state index contributed by atoms with van der Waals surface area (Å²) < 4.78 is 0. The number of amides is 1. The summed E-state index contributed by atoms with van der Waals surface area (Å²) in [5.41, 5.74) is 6.83. The first kappa shape index (κ1) is 15.1. The van der Waals surface area contributed by atoms with E-state index in [2.05, 4.69) is 10.2 Å². The molecule has 1 saturated heterocycles. The highest BCUT2D eigenvalue weighted by Gasteiger charge is 2.21. The minimum atomic E-state index is -0.113. The molecule has 0 spiro atoms. The van der Waals surface area contributed by atoms with Crippen molar-refractivity contribution in [2.75, 3.05) is 37.3 Å². The fraction of sp³-hybridized carbons (Fsp3) is 0.500. The normalized spacial score (nSPS) is 19.8. The van der Waals surface area contributed by atoms with E-state index >= 15 is 0 Å². The van der Waals surface area contributed by atoms with Crippen LogP contribution < -0.4 is 11.1 Å². The number of carbonyl (C=O) groups is 1. The first-order valence-electron chi connectivity index (χ1n) is 6.76. The van der Waals surface area contributed by atoms with Crippen LogP contribution in [0.25, 0.3) is 0 Å². The molecule has 1 aliphatic heterocycles. The number of aliphatic hydroxyl groups excluding tert-OH is 1. The Morgan fingerprint density at radius 1 is 1.55 bits per heavy atom. The number of nitrogens with two attached hydrogens (primary N) is 1. The number of benzene rings is 1. The molecule has 1 aromatic rings. The number of nitrogen functional groups attached to an aromatic ring is 1. The topological polar surface area (TPSA) is 78.6 Å². The van der Waals surface area contributed by atoms with Crippen molar-refractivity contribution in [3.8, 4) is 0 Å². The zero-order valence-corrected chi connectivity index (χ0v) is 12.1. The maximum absolute atomic E-state index is 12.0. The zero-order chi connectivity index (χ0) is 14.5.